The third kappa shape index (κ3) is 42.9. The molecule has 384 valence electrons. The summed E-state index contributed by atoms with van der Waals surface area (Å²) in [6.07, 6.45) is 40.4. The predicted molar refractivity (Wildman–Crippen MR) is 270 cm³/mol. The van der Waals surface area contributed by atoms with Crippen molar-refractivity contribution in [2.45, 2.75) is 277 Å². The number of ether oxygens (including phenoxy) is 3. The van der Waals surface area contributed by atoms with Crippen LogP contribution >= 0.6 is 0 Å². The van der Waals surface area contributed by atoms with Gasteiger partial charge in [-0.2, -0.15) is 0 Å². The molecule has 2 N–H and O–H groups in total. The van der Waals surface area contributed by atoms with Crippen molar-refractivity contribution in [2.75, 3.05) is 53.6 Å². The monoisotopic (exact) mass is 924 g/mol. The van der Waals surface area contributed by atoms with Crippen LogP contribution in [0.4, 0.5) is 0 Å². The van der Waals surface area contributed by atoms with Gasteiger partial charge < -0.3 is 29.1 Å². The molecule has 1 amide bonds. The Hall–Kier alpha value is -2.20. The van der Waals surface area contributed by atoms with Crippen molar-refractivity contribution in [2.24, 2.45) is 0 Å². The Morgan fingerprint density at radius 1 is 0.385 bits per heavy atom. The Balaban J connectivity index is 5.48. The summed E-state index contributed by atoms with van der Waals surface area (Å²) >= 11 is 0. The number of hydrogen-bond acceptors (Lipinski definition) is 8. The Morgan fingerprint density at radius 3 is 0.938 bits per heavy atom. The Bertz CT molecular complexity index is 1020. The van der Waals surface area contributed by atoms with E-state index < -0.39 is 5.54 Å². The van der Waals surface area contributed by atoms with Crippen LogP contribution < -0.4 is 5.32 Å². The van der Waals surface area contributed by atoms with Crippen molar-refractivity contribution < 1.29 is 43.0 Å². The molecule has 0 aromatic carbocycles. The van der Waals surface area contributed by atoms with Gasteiger partial charge in [-0.15, -0.1) is 0 Å². The Kier molecular flexibility index (Phi) is 44.0. The molecule has 0 aliphatic heterocycles. The molecule has 0 atom stereocenters. The fraction of sp³-hybridized carbons (Fsp3) is 0.927. The Labute approximate surface area is 401 Å². The van der Waals surface area contributed by atoms with Gasteiger partial charge in [0.15, 0.2) is 0 Å². The van der Waals surface area contributed by atoms with E-state index in [9.17, 15) is 24.3 Å². The molecule has 0 fully saturated rings. The summed E-state index contributed by atoms with van der Waals surface area (Å²) in [7, 11) is 4.33. The van der Waals surface area contributed by atoms with Gasteiger partial charge in [0.05, 0.1) is 27.2 Å². The molecule has 0 aromatic heterocycles. The van der Waals surface area contributed by atoms with Gasteiger partial charge in [-0.3, -0.25) is 19.2 Å². The molecule has 0 heterocycles. The maximum atomic E-state index is 13.6. The lowest BCUT2D eigenvalue weighted by atomic mass is 10.0. The quantitative estimate of drug-likeness (QED) is 0.0267. The summed E-state index contributed by atoms with van der Waals surface area (Å²) in [6, 6.07) is 0. The number of carbonyl (C=O) groups is 4. The number of nitrogens with zero attached hydrogens (tertiary/aromatic N) is 1. The van der Waals surface area contributed by atoms with E-state index in [1.54, 1.807) is 0 Å². The summed E-state index contributed by atoms with van der Waals surface area (Å²) in [6.45, 7) is 8.06. The van der Waals surface area contributed by atoms with E-state index in [0.29, 0.717) is 6.42 Å². The van der Waals surface area contributed by atoms with E-state index in [0.717, 1.165) is 101 Å². The lowest BCUT2D eigenvalue weighted by Gasteiger charge is -2.33. The van der Waals surface area contributed by atoms with Crippen LogP contribution in [-0.2, 0) is 33.4 Å². The molecule has 0 saturated heterocycles. The minimum Gasteiger partial charge on any atom is -0.463 e. The van der Waals surface area contributed by atoms with Gasteiger partial charge in [-0.05, 0) is 38.5 Å². The highest BCUT2D eigenvalue weighted by atomic mass is 16.6. The highest BCUT2D eigenvalue weighted by Gasteiger charge is 2.37. The van der Waals surface area contributed by atoms with Crippen molar-refractivity contribution in [3.05, 3.63) is 0 Å². The first-order valence-electron chi connectivity index (χ1n) is 27.7. The van der Waals surface area contributed by atoms with Crippen LogP contribution in [0.15, 0.2) is 0 Å². The number of carbonyl (C=O) groups excluding carboxylic acids is 4. The SMILES string of the molecule is CCCCCCCCCCCC(=O)OCC(COC(=O)CCCCCCCCCCC)(COC(=O)CCCCCCCCCCC)NC(=O)CCCCCCCCCC[N+](C)(C)CCO. The van der Waals surface area contributed by atoms with Gasteiger partial charge in [-0.25, -0.2) is 0 Å². The second kappa shape index (κ2) is 45.6. The van der Waals surface area contributed by atoms with Crippen LogP contribution in [-0.4, -0.2) is 92.6 Å². The number of unbranched alkanes of at least 4 members (excludes halogenated alkanes) is 31. The van der Waals surface area contributed by atoms with Crippen LogP contribution in [0.2, 0.25) is 0 Å². The molecule has 0 saturated carbocycles. The molecule has 0 rings (SSSR count). The molecule has 0 aromatic rings. The molecular formula is C55H107N2O8+. The fourth-order valence-corrected chi connectivity index (χ4v) is 8.47. The molecule has 10 nitrogen and oxygen atoms in total. The largest absolute Gasteiger partial charge is 0.463 e. The molecule has 0 aliphatic carbocycles. The van der Waals surface area contributed by atoms with Gasteiger partial charge in [0.25, 0.3) is 0 Å². The highest BCUT2D eigenvalue weighted by Crippen LogP contribution is 2.18. The number of aliphatic hydroxyl groups excluding tert-OH is 1. The van der Waals surface area contributed by atoms with Crippen LogP contribution in [0.5, 0.6) is 0 Å². The summed E-state index contributed by atoms with van der Waals surface area (Å²) in [5.74, 6) is -1.31. The molecule has 0 radical (unpaired) electrons. The summed E-state index contributed by atoms with van der Waals surface area (Å²) in [5.41, 5.74) is -1.38. The number of rotatable bonds is 50. The molecule has 10 heteroatoms. The van der Waals surface area contributed by atoms with E-state index in [2.05, 4.69) is 40.2 Å². The number of hydrogen-bond donors (Lipinski definition) is 2. The van der Waals surface area contributed by atoms with Crippen molar-refractivity contribution in [3.8, 4) is 0 Å². The summed E-state index contributed by atoms with van der Waals surface area (Å²) < 4.78 is 18.4. The topological polar surface area (TPSA) is 128 Å². The second-order valence-corrected chi connectivity index (χ2v) is 20.2. The first-order chi connectivity index (χ1) is 31.5. The minimum absolute atomic E-state index is 0.221. The third-order valence-corrected chi connectivity index (χ3v) is 13.0. The van der Waals surface area contributed by atoms with Crippen molar-refractivity contribution in [1.29, 1.82) is 0 Å². The number of likely N-dealkylation sites (N-methyl/N-ethyl adjacent to an activating group) is 1. The van der Waals surface area contributed by atoms with E-state index in [4.69, 9.17) is 14.2 Å². The van der Waals surface area contributed by atoms with Crippen molar-refractivity contribution >= 4 is 23.8 Å². The van der Waals surface area contributed by atoms with E-state index >= 15 is 0 Å². The maximum Gasteiger partial charge on any atom is 0.305 e. The molecule has 0 aliphatic rings. The zero-order valence-corrected chi connectivity index (χ0v) is 43.6. The normalized spacial score (nSPS) is 11.8. The highest BCUT2D eigenvalue weighted by molar-refractivity contribution is 5.77. The van der Waals surface area contributed by atoms with Gasteiger partial charge >= 0.3 is 17.9 Å². The Morgan fingerprint density at radius 2 is 0.646 bits per heavy atom. The average molecular weight is 924 g/mol. The summed E-state index contributed by atoms with van der Waals surface area (Å²) in [4.78, 5) is 53.0. The van der Waals surface area contributed by atoms with Gasteiger partial charge in [-0.1, -0.05) is 207 Å². The molecule has 65 heavy (non-hydrogen) atoms. The molecular weight excluding hydrogens is 817 g/mol. The van der Waals surface area contributed by atoms with Gasteiger partial charge in [0.2, 0.25) is 5.91 Å². The number of esters is 3. The van der Waals surface area contributed by atoms with E-state index in [-0.39, 0.29) is 75.9 Å². The predicted octanol–water partition coefficient (Wildman–Crippen LogP) is 13.8. The number of aliphatic hydroxyl groups is 1. The molecule has 0 unspecified atom stereocenters. The lowest BCUT2D eigenvalue weighted by molar-refractivity contribution is -0.890. The van der Waals surface area contributed by atoms with Gasteiger partial charge in [0, 0.05) is 25.7 Å². The van der Waals surface area contributed by atoms with Crippen LogP contribution in [0.1, 0.15) is 271 Å². The molecule has 0 spiro atoms. The third-order valence-electron chi connectivity index (χ3n) is 13.0. The standard InChI is InChI=1S/C55H106N2O8/c1-6-9-12-15-18-21-27-32-37-42-52(60)63-48-55(49-64-53(61)43-38-33-28-22-19-16-13-10-7-2,50-65-54(62)44-39-34-29-23-20-17-14-11-8-3)56-51(59)41-36-31-26-24-25-30-35-40-45-57(4,5)46-47-58/h58H,6-50H2,1-5H3/p+1. The minimum atomic E-state index is -1.38. The zero-order chi connectivity index (χ0) is 48.0. The smallest absolute Gasteiger partial charge is 0.305 e. The van der Waals surface area contributed by atoms with Crippen LogP contribution in [0, 0.1) is 0 Å². The average Bonchev–Trinajstić information content (AvgIpc) is 3.28. The van der Waals surface area contributed by atoms with Crippen molar-refractivity contribution in [3.63, 3.8) is 0 Å². The lowest BCUT2D eigenvalue weighted by Crippen LogP contribution is -2.59. The first kappa shape index (κ1) is 62.8. The number of quaternary nitrogens is 1. The summed E-state index contributed by atoms with van der Waals surface area (Å²) in [5, 5.41) is 12.3. The van der Waals surface area contributed by atoms with Gasteiger partial charge in [0.1, 0.15) is 31.9 Å². The first-order valence-corrected chi connectivity index (χ1v) is 27.7. The van der Waals surface area contributed by atoms with Crippen LogP contribution in [0.3, 0.4) is 0 Å². The molecule has 0 bridgehead atoms. The number of amides is 1. The van der Waals surface area contributed by atoms with Crippen LogP contribution in [0.25, 0.3) is 0 Å². The van der Waals surface area contributed by atoms with E-state index in [1.807, 2.05) is 0 Å². The number of nitrogens with one attached hydrogen (secondary N) is 1. The van der Waals surface area contributed by atoms with Crippen molar-refractivity contribution in [1.82, 2.24) is 5.32 Å². The zero-order valence-electron chi connectivity index (χ0n) is 43.6. The maximum absolute atomic E-state index is 13.6. The van der Waals surface area contributed by atoms with E-state index in [1.165, 1.54) is 135 Å². The second-order valence-electron chi connectivity index (χ2n) is 20.2. The fourth-order valence-electron chi connectivity index (χ4n) is 8.47.